The zero-order valence-corrected chi connectivity index (χ0v) is 17.8. The summed E-state index contributed by atoms with van der Waals surface area (Å²) in [5.41, 5.74) is 1.37. The van der Waals surface area contributed by atoms with Gasteiger partial charge in [-0.25, -0.2) is 8.42 Å². The summed E-state index contributed by atoms with van der Waals surface area (Å²) in [5, 5.41) is 0. The van der Waals surface area contributed by atoms with Gasteiger partial charge in [-0.2, -0.15) is 4.31 Å². The molecule has 1 heterocycles. The molecular formula is C20H23BrN2O3S. The molecule has 7 heteroatoms. The van der Waals surface area contributed by atoms with Crippen molar-refractivity contribution in [1.29, 1.82) is 0 Å². The van der Waals surface area contributed by atoms with Gasteiger partial charge in [-0.3, -0.25) is 4.79 Å². The van der Waals surface area contributed by atoms with Crippen LogP contribution < -0.4 is 0 Å². The lowest BCUT2D eigenvalue weighted by Crippen LogP contribution is -2.31. The molecule has 1 aliphatic heterocycles. The minimum atomic E-state index is -3.57. The fourth-order valence-corrected chi connectivity index (χ4v) is 5.19. The van der Waals surface area contributed by atoms with Crippen LogP contribution in [0.4, 0.5) is 0 Å². The van der Waals surface area contributed by atoms with Gasteiger partial charge in [-0.05, 0) is 59.5 Å². The van der Waals surface area contributed by atoms with E-state index in [0.29, 0.717) is 23.1 Å². The topological polar surface area (TPSA) is 57.7 Å². The summed E-state index contributed by atoms with van der Waals surface area (Å²) < 4.78 is 27.7. The molecule has 3 rings (SSSR count). The van der Waals surface area contributed by atoms with Crippen molar-refractivity contribution in [2.75, 3.05) is 20.1 Å². The van der Waals surface area contributed by atoms with Crippen LogP contribution in [0.1, 0.15) is 41.7 Å². The van der Waals surface area contributed by atoms with Gasteiger partial charge in [0, 0.05) is 24.6 Å². The number of sulfonamides is 1. The van der Waals surface area contributed by atoms with Crippen LogP contribution in [0, 0.1) is 0 Å². The summed E-state index contributed by atoms with van der Waals surface area (Å²) in [6, 6.07) is 14.3. The van der Waals surface area contributed by atoms with E-state index < -0.39 is 10.0 Å². The first-order valence-electron chi connectivity index (χ1n) is 8.94. The molecule has 0 radical (unpaired) electrons. The number of halogens is 1. The fourth-order valence-electron chi connectivity index (χ4n) is 3.23. The van der Waals surface area contributed by atoms with E-state index in [9.17, 15) is 13.2 Å². The molecule has 1 aliphatic rings. The molecule has 1 fully saturated rings. The maximum absolute atomic E-state index is 13.1. The fraction of sp³-hybridized carbons (Fsp3) is 0.350. The van der Waals surface area contributed by atoms with E-state index in [4.69, 9.17) is 0 Å². The number of nitrogens with zero attached hydrogens (tertiary/aromatic N) is 2. The van der Waals surface area contributed by atoms with Gasteiger partial charge < -0.3 is 4.90 Å². The quantitative estimate of drug-likeness (QED) is 0.689. The molecule has 1 saturated heterocycles. The minimum absolute atomic E-state index is 0.135. The normalized spacial score (nSPS) is 16.3. The van der Waals surface area contributed by atoms with Gasteiger partial charge in [0.2, 0.25) is 10.0 Å². The van der Waals surface area contributed by atoms with Gasteiger partial charge in [-0.15, -0.1) is 0 Å². The Bertz CT molecular complexity index is 925. The highest BCUT2D eigenvalue weighted by atomic mass is 79.9. The Morgan fingerprint density at radius 2 is 1.74 bits per heavy atom. The molecule has 2 aromatic carbocycles. The second-order valence-electron chi connectivity index (χ2n) is 6.76. The lowest BCUT2D eigenvalue weighted by molar-refractivity contribution is 0.0741. The van der Waals surface area contributed by atoms with Crippen LogP contribution in [0.5, 0.6) is 0 Å². The van der Waals surface area contributed by atoms with Crippen molar-refractivity contribution in [2.45, 2.75) is 30.7 Å². The maximum Gasteiger partial charge on any atom is 0.255 e. The number of rotatable bonds is 5. The van der Waals surface area contributed by atoms with E-state index in [1.165, 1.54) is 10.4 Å². The average Bonchev–Trinajstić information content (AvgIpc) is 3.23. The second-order valence-corrected chi connectivity index (χ2v) is 9.55. The number of hydrogen-bond acceptors (Lipinski definition) is 3. The number of amides is 1. The van der Waals surface area contributed by atoms with Crippen LogP contribution in [-0.4, -0.2) is 43.7 Å². The molecule has 1 unspecified atom stereocenters. The zero-order valence-electron chi connectivity index (χ0n) is 15.4. The van der Waals surface area contributed by atoms with Crippen molar-refractivity contribution >= 4 is 31.9 Å². The smallest absolute Gasteiger partial charge is 0.255 e. The highest BCUT2D eigenvalue weighted by Gasteiger charge is 2.29. The van der Waals surface area contributed by atoms with E-state index >= 15 is 0 Å². The lowest BCUT2D eigenvalue weighted by atomic mass is 10.1. The van der Waals surface area contributed by atoms with E-state index in [1.807, 2.05) is 37.3 Å². The third kappa shape index (κ3) is 4.10. The van der Waals surface area contributed by atoms with Crippen molar-refractivity contribution in [3.05, 3.63) is 64.1 Å². The largest absolute Gasteiger partial charge is 0.335 e. The predicted octanol–water partition coefficient (Wildman–Crippen LogP) is 4.07. The van der Waals surface area contributed by atoms with Gasteiger partial charge in [0.05, 0.1) is 16.5 Å². The van der Waals surface area contributed by atoms with Gasteiger partial charge in [0.25, 0.3) is 5.91 Å². The maximum atomic E-state index is 13.1. The molecule has 0 aromatic heterocycles. The zero-order chi connectivity index (χ0) is 19.6. The third-order valence-corrected chi connectivity index (χ3v) is 7.64. The molecule has 144 valence electrons. The van der Waals surface area contributed by atoms with E-state index in [1.54, 1.807) is 24.1 Å². The Kier molecular flexibility index (Phi) is 6.03. The van der Waals surface area contributed by atoms with Crippen molar-refractivity contribution in [2.24, 2.45) is 0 Å². The van der Waals surface area contributed by atoms with Crippen LogP contribution in [0.25, 0.3) is 0 Å². The van der Waals surface area contributed by atoms with Crippen molar-refractivity contribution < 1.29 is 13.2 Å². The summed E-state index contributed by atoms with van der Waals surface area (Å²) in [7, 11) is -1.84. The SMILES string of the molecule is CC(c1ccccc1)N(C)C(=O)c1cc(S(=O)(=O)N2CCCC2)ccc1Br. The van der Waals surface area contributed by atoms with Crippen molar-refractivity contribution in [1.82, 2.24) is 9.21 Å². The summed E-state index contributed by atoms with van der Waals surface area (Å²) in [4.78, 5) is 14.9. The van der Waals surface area contributed by atoms with Crippen molar-refractivity contribution in [3.8, 4) is 0 Å². The van der Waals surface area contributed by atoms with Crippen molar-refractivity contribution in [3.63, 3.8) is 0 Å². The van der Waals surface area contributed by atoms with Crippen LogP contribution in [0.15, 0.2) is 57.9 Å². The van der Waals surface area contributed by atoms with E-state index in [2.05, 4.69) is 15.9 Å². The van der Waals surface area contributed by atoms with Gasteiger partial charge >= 0.3 is 0 Å². The Morgan fingerprint density at radius 1 is 1.11 bits per heavy atom. The molecule has 2 aromatic rings. The first-order chi connectivity index (χ1) is 12.8. The van der Waals surface area contributed by atoms with E-state index in [-0.39, 0.29) is 16.8 Å². The second kappa shape index (κ2) is 8.12. The highest BCUT2D eigenvalue weighted by molar-refractivity contribution is 9.10. The third-order valence-electron chi connectivity index (χ3n) is 5.05. The molecule has 1 amide bonds. The molecule has 27 heavy (non-hydrogen) atoms. The summed E-state index contributed by atoms with van der Waals surface area (Å²) in [5.74, 6) is -0.225. The molecule has 0 spiro atoms. The van der Waals surface area contributed by atoms with Crippen LogP contribution in [0.2, 0.25) is 0 Å². The molecule has 5 nitrogen and oxygen atoms in total. The Balaban J connectivity index is 1.90. The first kappa shape index (κ1) is 20.0. The van der Waals surface area contributed by atoms with Gasteiger partial charge in [0.1, 0.15) is 0 Å². The Labute approximate surface area is 169 Å². The number of carbonyl (C=O) groups excluding carboxylic acids is 1. The standard InChI is InChI=1S/C20H23BrN2O3S/c1-15(16-8-4-3-5-9-16)22(2)20(24)18-14-17(10-11-19(18)21)27(25,26)23-12-6-7-13-23/h3-5,8-11,14-15H,6-7,12-13H2,1-2H3. The van der Waals surface area contributed by atoms with Crippen LogP contribution in [0.3, 0.4) is 0 Å². The van der Waals surface area contributed by atoms with Gasteiger partial charge in [-0.1, -0.05) is 30.3 Å². The van der Waals surface area contributed by atoms with Gasteiger partial charge in [0.15, 0.2) is 0 Å². The van der Waals surface area contributed by atoms with Crippen LogP contribution >= 0.6 is 15.9 Å². The summed E-state index contributed by atoms with van der Waals surface area (Å²) in [6.07, 6.45) is 1.75. The Morgan fingerprint density at radius 3 is 2.37 bits per heavy atom. The lowest BCUT2D eigenvalue weighted by Gasteiger charge is -2.26. The first-order valence-corrected chi connectivity index (χ1v) is 11.2. The van der Waals surface area contributed by atoms with Crippen LogP contribution in [-0.2, 0) is 10.0 Å². The summed E-state index contributed by atoms with van der Waals surface area (Å²) >= 11 is 3.40. The molecule has 1 atom stereocenters. The molecule has 0 N–H and O–H groups in total. The Hall–Kier alpha value is -1.70. The number of hydrogen-bond donors (Lipinski definition) is 0. The molecule has 0 saturated carbocycles. The molecule has 0 bridgehead atoms. The van der Waals surface area contributed by atoms with E-state index in [0.717, 1.165) is 18.4 Å². The highest BCUT2D eigenvalue weighted by Crippen LogP contribution is 2.28. The molecular weight excluding hydrogens is 428 g/mol. The monoisotopic (exact) mass is 450 g/mol. The number of benzene rings is 2. The average molecular weight is 451 g/mol. The minimum Gasteiger partial charge on any atom is -0.335 e. The number of carbonyl (C=O) groups is 1. The predicted molar refractivity (Wildman–Crippen MR) is 109 cm³/mol. The summed E-state index contributed by atoms with van der Waals surface area (Å²) in [6.45, 7) is 3.02. The molecule has 0 aliphatic carbocycles.